The number of aryl methyl sites for hydroxylation is 1. The standard InChI is InChI=1S/C19H18N4O4S/c1-28(26,27)23-10-4-5-13-11-14(8-9-17(13)23)18(24)12-22-19(25)15-6-2-3-7-16(15)20-21-22/h2-3,6-9,11H,4-5,10,12H2,1H3. The number of ketones is 1. The van der Waals surface area contributed by atoms with E-state index in [9.17, 15) is 18.0 Å². The molecule has 0 bridgehead atoms. The Morgan fingerprint density at radius 3 is 2.75 bits per heavy atom. The van der Waals surface area contributed by atoms with E-state index in [1.807, 2.05) is 0 Å². The van der Waals surface area contributed by atoms with Crippen LogP contribution in [0.5, 0.6) is 0 Å². The summed E-state index contributed by atoms with van der Waals surface area (Å²) in [5, 5.41) is 8.24. The van der Waals surface area contributed by atoms with E-state index in [4.69, 9.17) is 0 Å². The van der Waals surface area contributed by atoms with Crippen LogP contribution < -0.4 is 9.86 Å². The van der Waals surface area contributed by atoms with Gasteiger partial charge in [-0.1, -0.05) is 17.3 Å². The van der Waals surface area contributed by atoms with Gasteiger partial charge in [-0.05, 0) is 48.7 Å². The molecule has 28 heavy (non-hydrogen) atoms. The minimum atomic E-state index is -3.36. The molecule has 0 N–H and O–H groups in total. The summed E-state index contributed by atoms with van der Waals surface area (Å²) in [7, 11) is -3.36. The van der Waals surface area contributed by atoms with Gasteiger partial charge in [0.2, 0.25) is 10.0 Å². The Morgan fingerprint density at radius 1 is 1.18 bits per heavy atom. The van der Waals surface area contributed by atoms with Gasteiger partial charge in [0, 0.05) is 12.1 Å². The highest BCUT2D eigenvalue weighted by atomic mass is 32.2. The second-order valence-corrected chi connectivity index (χ2v) is 8.68. The first-order valence-electron chi connectivity index (χ1n) is 8.81. The van der Waals surface area contributed by atoms with Crippen molar-refractivity contribution in [1.82, 2.24) is 15.0 Å². The molecule has 2 heterocycles. The zero-order chi connectivity index (χ0) is 19.9. The number of fused-ring (bicyclic) bond motifs is 2. The van der Waals surface area contributed by atoms with Gasteiger partial charge in [0.1, 0.15) is 12.1 Å². The van der Waals surface area contributed by atoms with Crippen LogP contribution in [0.25, 0.3) is 10.9 Å². The second kappa shape index (κ2) is 6.83. The lowest BCUT2D eigenvalue weighted by molar-refractivity contribution is 0.0964. The number of nitrogens with zero attached hydrogens (tertiary/aromatic N) is 4. The fourth-order valence-corrected chi connectivity index (χ4v) is 4.43. The summed E-state index contributed by atoms with van der Waals surface area (Å²) < 4.78 is 26.3. The Balaban J connectivity index is 1.65. The third-order valence-electron chi connectivity index (χ3n) is 4.80. The molecule has 1 aliphatic heterocycles. The average Bonchev–Trinajstić information content (AvgIpc) is 2.68. The normalized spacial score (nSPS) is 14.1. The Kier molecular flexibility index (Phi) is 4.46. The summed E-state index contributed by atoms with van der Waals surface area (Å²) in [6, 6.07) is 11.8. The summed E-state index contributed by atoms with van der Waals surface area (Å²) in [5.41, 5.74) is 1.93. The molecule has 0 aliphatic carbocycles. The Morgan fingerprint density at radius 2 is 1.96 bits per heavy atom. The van der Waals surface area contributed by atoms with Gasteiger partial charge in [0.05, 0.1) is 17.3 Å². The highest BCUT2D eigenvalue weighted by Gasteiger charge is 2.24. The van der Waals surface area contributed by atoms with Crippen LogP contribution in [0.4, 0.5) is 5.69 Å². The molecular formula is C19H18N4O4S. The zero-order valence-electron chi connectivity index (χ0n) is 15.2. The van der Waals surface area contributed by atoms with Crippen molar-refractivity contribution in [2.45, 2.75) is 19.4 Å². The maximum absolute atomic E-state index is 12.7. The predicted octanol–water partition coefficient (Wildman–Crippen LogP) is 1.39. The van der Waals surface area contributed by atoms with Gasteiger partial charge >= 0.3 is 0 Å². The van der Waals surface area contributed by atoms with Crippen LogP contribution in [-0.4, -0.2) is 42.0 Å². The SMILES string of the molecule is CS(=O)(=O)N1CCCc2cc(C(=O)Cn3nnc4ccccc4c3=O)ccc21. The third kappa shape index (κ3) is 3.29. The van der Waals surface area contributed by atoms with E-state index in [-0.39, 0.29) is 17.9 Å². The summed E-state index contributed by atoms with van der Waals surface area (Å²) in [5.74, 6) is -0.286. The number of hydrogen-bond donors (Lipinski definition) is 0. The van der Waals surface area contributed by atoms with Gasteiger partial charge in [0.15, 0.2) is 5.78 Å². The van der Waals surface area contributed by atoms with Crippen LogP contribution >= 0.6 is 0 Å². The number of aromatic nitrogens is 3. The quantitative estimate of drug-likeness (QED) is 0.616. The van der Waals surface area contributed by atoms with E-state index in [0.29, 0.717) is 41.5 Å². The number of sulfonamides is 1. The van der Waals surface area contributed by atoms with Crippen LogP contribution in [0.2, 0.25) is 0 Å². The Hall–Kier alpha value is -3.07. The molecule has 3 aromatic rings. The van der Waals surface area contributed by atoms with Crippen LogP contribution in [0.1, 0.15) is 22.3 Å². The van der Waals surface area contributed by atoms with Gasteiger partial charge < -0.3 is 0 Å². The number of rotatable bonds is 4. The molecule has 144 valence electrons. The van der Waals surface area contributed by atoms with Gasteiger partial charge in [-0.3, -0.25) is 13.9 Å². The van der Waals surface area contributed by atoms with Gasteiger partial charge in [0.25, 0.3) is 5.56 Å². The maximum atomic E-state index is 12.7. The number of carbonyl (C=O) groups excluding carboxylic acids is 1. The van der Waals surface area contributed by atoms with E-state index < -0.39 is 10.0 Å². The highest BCUT2D eigenvalue weighted by molar-refractivity contribution is 7.92. The van der Waals surface area contributed by atoms with Crippen molar-refractivity contribution in [3.63, 3.8) is 0 Å². The largest absolute Gasteiger partial charge is 0.292 e. The zero-order valence-corrected chi connectivity index (χ0v) is 16.0. The second-order valence-electron chi connectivity index (χ2n) is 6.77. The van der Waals surface area contributed by atoms with Crippen molar-refractivity contribution < 1.29 is 13.2 Å². The van der Waals surface area contributed by atoms with Gasteiger partial charge in [-0.2, -0.15) is 0 Å². The van der Waals surface area contributed by atoms with Crippen molar-refractivity contribution in [1.29, 1.82) is 0 Å². The summed E-state index contributed by atoms with van der Waals surface area (Å²) >= 11 is 0. The lowest BCUT2D eigenvalue weighted by atomic mass is 9.99. The van der Waals surface area contributed by atoms with Gasteiger partial charge in [-0.25, -0.2) is 13.1 Å². The molecular weight excluding hydrogens is 380 g/mol. The molecule has 0 unspecified atom stereocenters. The molecule has 0 atom stereocenters. The molecule has 9 heteroatoms. The Labute approximate surface area is 161 Å². The molecule has 0 amide bonds. The predicted molar refractivity (Wildman–Crippen MR) is 105 cm³/mol. The van der Waals surface area contributed by atoms with Gasteiger partial charge in [-0.15, -0.1) is 5.10 Å². The lowest BCUT2D eigenvalue weighted by Gasteiger charge is -2.29. The molecule has 2 aromatic carbocycles. The molecule has 1 aliphatic rings. The van der Waals surface area contributed by atoms with Crippen molar-refractivity contribution in [3.05, 3.63) is 63.9 Å². The minimum absolute atomic E-state index is 0.231. The number of carbonyl (C=O) groups is 1. The summed E-state index contributed by atoms with van der Waals surface area (Å²) in [6.45, 7) is 0.201. The highest BCUT2D eigenvalue weighted by Crippen LogP contribution is 2.30. The minimum Gasteiger partial charge on any atom is -0.292 e. The number of anilines is 1. The first-order valence-corrected chi connectivity index (χ1v) is 10.7. The van der Waals surface area contributed by atoms with Crippen LogP contribution in [-0.2, 0) is 23.0 Å². The fourth-order valence-electron chi connectivity index (χ4n) is 3.43. The van der Waals surface area contributed by atoms with E-state index in [2.05, 4.69) is 10.3 Å². The molecule has 8 nitrogen and oxygen atoms in total. The van der Waals surface area contributed by atoms with E-state index in [1.54, 1.807) is 42.5 Å². The third-order valence-corrected chi connectivity index (χ3v) is 5.98. The molecule has 1 aromatic heterocycles. The Bertz CT molecular complexity index is 1250. The van der Waals surface area contributed by atoms with Crippen molar-refractivity contribution in [2.75, 3.05) is 17.1 Å². The molecule has 0 radical (unpaired) electrons. The van der Waals surface area contributed by atoms with Crippen molar-refractivity contribution in [2.24, 2.45) is 0 Å². The van der Waals surface area contributed by atoms with Crippen molar-refractivity contribution in [3.8, 4) is 0 Å². The molecule has 0 saturated carbocycles. The monoisotopic (exact) mass is 398 g/mol. The molecule has 0 fully saturated rings. The number of benzene rings is 2. The van der Waals surface area contributed by atoms with Crippen LogP contribution in [0, 0.1) is 0 Å². The smallest absolute Gasteiger partial charge is 0.278 e. The molecule has 4 rings (SSSR count). The number of Topliss-reactive ketones (excluding diaryl/α,β-unsaturated/α-hetero) is 1. The molecule has 0 saturated heterocycles. The van der Waals surface area contributed by atoms with E-state index in [1.165, 1.54) is 10.6 Å². The van der Waals surface area contributed by atoms with E-state index >= 15 is 0 Å². The first-order chi connectivity index (χ1) is 13.3. The van der Waals surface area contributed by atoms with Crippen molar-refractivity contribution >= 4 is 32.4 Å². The summed E-state index contributed by atoms with van der Waals surface area (Å²) in [4.78, 5) is 25.2. The average molecular weight is 398 g/mol. The molecule has 0 spiro atoms. The van der Waals surface area contributed by atoms with Crippen LogP contribution in [0.15, 0.2) is 47.3 Å². The van der Waals surface area contributed by atoms with Crippen LogP contribution in [0.3, 0.4) is 0 Å². The fraction of sp³-hybridized carbons (Fsp3) is 0.263. The first kappa shape index (κ1) is 18.3. The van der Waals surface area contributed by atoms with E-state index in [0.717, 1.165) is 10.2 Å². The maximum Gasteiger partial charge on any atom is 0.278 e. The topological polar surface area (TPSA) is 102 Å². The summed E-state index contributed by atoms with van der Waals surface area (Å²) in [6.07, 6.45) is 2.55. The number of hydrogen-bond acceptors (Lipinski definition) is 6. The lowest BCUT2D eigenvalue weighted by Crippen LogP contribution is -2.34.